The van der Waals surface area contributed by atoms with E-state index in [4.69, 9.17) is 5.73 Å². The predicted molar refractivity (Wildman–Crippen MR) is 86.3 cm³/mol. The minimum atomic E-state index is -0.766. The fourth-order valence-electron chi connectivity index (χ4n) is 1.78. The zero-order valence-electron chi connectivity index (χ0n) is 12.9. The minimum Gasteiger partial charge on any atom is -0.344 e. The Hall–Kier alpha value is -1.59. The Kier molecular flexibility index (Phi) is 7.99. The van der Waals surface area contributed by atoms with Crippen LogP contribution in [0.2, 0.25) is 0 Å². The molecule has 1 aromatic rings. The highest BCUT2D eigenvalue weighted by molar-refractivity contribution is 5.89. The maximum atomic E-state index is 12.0. The molecule has 0 fully saturated rings. The molecule has 2 amide bonds. The van der Waals surface area contributed by atoms with E-state index in [0.717, 1.165) is 11.1 Å². The van der Waals surface area contributed by atoms with Gasteiger partial charge in [0, 0.05) is 13.6 Å². The molecule has 1 rings (SSSR count). The molecule has 0 heterocycles. The number of likely N-dealkylation sites (N-methyl/N-ethyl adjacent to an activating group) is 1. The molecule has 5 nitrogen and oxygen atoms in total. The van der Waals surface area contributed by atoms with Gasteiger partial charge in [-0.05, 0) is 26.3 Å². The van der Waals surface area contributed by atoms with Gasteiger partial charge in [0.05, 0.1) is 0 Å². The largest absolute Gasteiger partial charge is 0.344 e. The van der Waals surface area contributed by atoms with Crippen LogP contribution in [0.25, 0.3) is 0 Å². The number of carbonyl (C=O) groups excluding carboxylic acids is 2. The van der Waals surface area contributed by atoms with Crippen LogP contribution in [0.3, 0.4) is 0 Å². The van der Waals surface area contributed by atoms with Gasteiger partial charge in [-0.15, -0.1) is 12.4 Å². The third-order valence-corrected chi connectivity index (χ3v) is 3.30. The molecule has 118 valence electrons. The third-order valence-electron chi connectivity index (χ3n) is 3.30. The van der Waals surface area contributed by atoms with Crippen molar-refractivity contribution in [2.45, 2.75) is 32.9 Å². The van der Waals surface area contributed by atoms with Gasteiger partial charge in [-0.2, -0.15) is 0 Å². The summed E-state index contributed by atoms with van der Waals surface area (Å²) in [4.78, 5) is 25.5. The van der Waals surface area contributed by atoms with E-state index in [1.807, 2.05) is 38.1 Å². The summed E-state index contributed by atoms with van der Waals surface area (Å²) in [6, 6.07) is 6.11. The summed E-state index contributed by atoms with van der Waals surface area (Å²) in [6.07, 6.45) is 0. The van der Waals surface area contributed by atoms with Crippen molar-refractivity contribution in [2.24, 2.45) is 5.73 Å². The van der Waals surface area contributed by atoms with E-state index in [9.17, 15) is 9.59 Å². The number of nitrogens with one attached hydrogen (secondary N) is 1. The average molecular weight is 314 g/mol. The van der Waals surface area contributed by atoms with Gasteiger partial charge in [0.1, 0.15) is 12.1 Å². The van der Waals surface area contributed by atoms with Crippen LogP contribution in [-0.4, -0.2) is 36.3 Å². The van der Waals surface area contributed by atoms with Crippen LogP contribution in [0, 0.1) is 6.92 Å². The molecule has 0 spiro atoms. The van der Waals surface area contributed by atoms with Gasteiger partial charge in [0.25, 0.3) is 0 Å². The Balaban J connectivity index is 0.00000400. The van der Waals surface area contributed by atoms with Crippen molar-refractivity contribution in [3.63, 3.8) is 0 Å². The molecule has 0 aromatic heterocycles. The van der Waals surface area contributed by atoms with Gasteiger partial charge in [-0.3, -0.25) is 9.59 Å². The molecule has 21 heavy (non-hydrogen) atoms. The van der Waals surface area contributed by atoms with Crippen LogP contribution in [0.5, 0.6) is 0 Å². The zero-order valence-corrected chi connectivity index (χ0v) is 13.7. The first-order chi connectivity index (χ1) is 9.36. The molecule has 2 atom stereocenters. The van der Waals surface area contributed by atoms with Crippen molar-refractivity contribution in [3.8, 4) is 0 Å². The quantitative estimate of drug-likeness (QED) is 0.863. The van der Waals surface area contributed by atoms with Crippen molar-refractivity contribution < 1.29 is 9.59 Å². The van der Waals surface area contributed by atoms with Gasteiger partial charge >= 0.3 is 0 Å². The Morgan fingerprint density at radius 1 is 1.29 bits per heavy atom. The second kappa shape index (κ2) is 8.64. The number of hydrogen-bond donors (Lipinski definition) is 2. The van der Waals surface area contributed by atoms with E-state index >= 15 is 0 Å². The predicted octanol–water partition coefficient (Wildman–Crippen LogP) is 1.40. The number of nitrogens with two attached hydrogens (primary N) is 1. The third kappa shape index (κ3) is 5.36. The normalized spacial score (nSPS) is 12.8. The first-order valence-corrected chi connectivity index (χ1v) is 6.74. The molecule has 0 bridgehead atoms. The Morgan fingerprint density at radius 2 is 1.81 bits per heavy atom. The summed E-state index contributed by atoms with van der Waals surface area (Å²) >= 11 is 0. The summed E-state index contributed by atoms with van der Waals surface area (Å²) in [5.41, 5.74) is 7.75. The summed E-state index contributed by atoms with van der Waals surface area (Å²) < 4.78 is 0. The fourth-order valence-corrected chi connectivity index (χ4v) is 1.78. The van der Waals surface area contributed by atoms with Crippen molar-refractivity contribution in [2.75, 3.05) is 13.6 Å². The number of hydrogen-bond acceptors (Lipinski definition) is 3. The molecule has 0 radical (unpaired) electrons. The first-order valence-electron chi connectivity index (χ1n) is 6.74. The standard InChI is InChI=1S/C15H23N3O2.ClH/c1-5-18(4)15(20)11(3)17-14(19)13(16)12-8-6-10(2)7-9-12;/h6-9,11,13H,5,16H2,1-4H3,(H,17,19);1H. The maximum absolute atomic E-state index is 12.0. The van der Waals surface area contributed by atoms with E-state index in [2.05, 4.69) is 5.32 Å². The number of carbonyl (C=O) groups is 2. The Labute approximate surface area is 132 Å². The van der Waals surface area contributed by atoms with Crippen molar-refractivity contribution in [1.82, 2.24) is 10.2 Å². The van der Waals surface area contributed by atoms with E-state index in [-0.39, 0.29) is 24.2 Å². The smallest absolute Gasteiger partial charge is 0.244 e. The van der Waals surface area contributed by atoms with Crippen LogP contribution in [0.1, 0.15) is 31.0 Å². The summed E-state index contributed by atoms with van der Waals surface area (Å²) in [5.74, 6) is -0.476. The molecule has 1 aromatic carbocycles. The highest BCUT2D eigenvalue weighted by atomic mass is 35.5. The van der Waals surface area contributed by atoms with Gasteiger partial charge < -0.3 is 16.0 Å². The highest BCUT2D eigenvalue weighted by Crippen LogP contribution is 2.11. The molecule has 0 aliphatic carbocycles. The zero-order chi connectivity index (χ0) is 15.3. The van der Waals surface area contributed by atoms with Gasteiger partial charge in [-0.25, -0.2) is 0 Å². The van der Waals surface area contributed by atoms with Crippen molar-refractivity contribution in [3.05, 3.63) is 35.4 Å². The number of halogens is 1. The molecule has 2 unspecified atom stereocenters. The molecule has 3 N–H and O–H groups in total. The van der Waals surface area contributed by atoms with E-state index in [0.29, 0.717) is 6.54 Å². The number of rotatable bonds is 5. The summed E-state index contributed by atoms with van der Waals surface area (Å²) in [6.45, 7) is 6.11. The van der Waals surface area contributed by atoms with Crippen LogP contribution < -0.4 is 11.1 Å². The average Bonchev–Trinajstić information content (AvgIpc) is 2.45. The fraction of sp³-hybridized carbons (Fsp3) is 0.467. The Morgan fingerprint density at radius 3 is 2.29 bits per heavy atom. The second-order valence-electron chi connectivity index (χ2n) is 4.97. The topological polar surface area (TPSA) is 75.4 Å². The van der Waals surface area contributed by atoms with E-state index < -0.39 is 12.1 Å². The van der Waals surface area contributed by atoms with E-state index in [1.54, 1.807) is 18.9 Å². The minimum absolute atomic E-state index is 0. The van der Waals surface area contributed by atoms with Gasteiger partial charge in [0.15, 0.2) is 0 Å². The summed E-state index contributed by atoms with van der Waals surface area (Å²) in [5, 5.41) is 2.65. The second-order valence-corrected chi connectivity index (χ2v) is 4.97. The monoisotopic (exact) mass is 313 g/mol. The number of aryl methyl sites for hydroxylation is 1. The number of benzene rings is 1. The summed E-state index contributed by atoms with van der Waals surface area (Å²) in [7, 11) is 1.70. The molecular formula is C15H24ClN3O2. The maximum Gasteiger partial charge on any atom is 0.244 e. The molecular weight excluding hydrogens is 290 g/mol. The van der Waals surface area contributed by atoms with Crippen LogP contribution in [-0.2, 0) is 9.59 Å². The van der Waals surface area contributed by atoms with Crippen molar-refractivity contribution in [1.29, 1.82) is 0 Å². The lowest BCUT2D eigenvalue weighted by Gasteiger charge is -2.22. The van der Waals surface area contributed by atoms with Crippen LogP contribution in [0.15, 0.2) is 24.3 Å². The lowest BCUT2D eigenvalue weighted by molar-refractivity contribution is -0.135. The van der Waals surface area contributed by atoms with Crippen molar-refractivity contribution >= 4 is 24.2 Å². The molecule has 0 saturated heterocycles. The van der Waals surface area contributed by atoms with Crippen LogP contribution in [0.4, 0.5) is 0 Å². The number of amides is 2. The molecule has 0 aliphatic rings. The van der Waals surface area contributed by atoms with Gasteiger partial charge in [-0.1, -0.05) is 29.8 Å². The molecule has 0 aliphatic heterocycles. The molecule has 6 heteroatoms. The van der Waals surface area contributed by atoms with Crippen LogP contribution >= 0.6 is 12.4 Å². The first kappa shape index (κ1) is 19.4. The van der Waals surface area contributed by atoms with Gasteiger partial charge in [0.2, 0.25) is 11.8 Å². The van der Waals surface area contributed by atoms with E-state index in [1.165, 1.54) is 0 Å². The molecule has 0 saturated carbocycles. The lowest BCUT2D eigenvalue weighted by atomic mass is 10.0. The lowest BCUT2D eigenvalue weighted by Crippen LogP contribution is -2.48. The highest BCUT2D eigenvalue weighted by Gasteiger charge is 2.22. The number of nitrogens with zero attached hydrogens (tertiary/aromatic N) is 1. The SMILES string of the molecule is CCN(C)C(=O)C(C)NC(=O)C(N)c1ccc(C)cc1.Cl. The Bertz CT molecular complexity index is 476.